The van der Waals surface area contributed by atoms with Gasteiger partial charge in [-0.05, 0) is 27.2 Å². The number of methoxy groups -OCH3 is 1. The van der Waals surface area contributed by atoms with Gasteiger partial charge in [-0.1, -0.05) is 0 Å². The summed E-state index contributed by atoms with van der Waals surface area (Å²) < 4.78 is 10.2. The van der Waals surface area contributed by atoms with Crippen LogP contribution < -0.4 is 0 Å². The Balaban J connectivity index is 4.59. The van der Waals surface area contributed by atoms with E-state index in [0.717, 1.165) is 5.06 Å². The van der Waals surface area contributed by atoms with Crippen LogP contribution in [0.5, 0.6) is 0 Å². The van der Waals surface area contributed by atoms with Crippen molar-refractivity contribution in [3.63, 3.8) is 0 Å². The van der Waals surface area contributed by atoms with E-state index in [2.05, 4.69) is 0 Å². The van der Waals surface area contributed by atoms with Gasteiger partial charge in [-0.25, -0.2) is 5.06 Å². The number of hydrogen-bond donors (Lipinski definition) is 0. The summed E-state index contributed by atoms with van der Waals surface area (Å²) in [5.41, 5.74) is -0.556. The van der Waals surface area contributed by atoms with Crippen LogP contribution in [0, 0.1) is 5.92 Å². The maximum Gasteiger partial charge on any atom is 0.307 e. The van der Waals surface area contributed by atoms with Crippen molar-refractivity contribution in [2.75, 3.05) is 27.9 Å². The van der Waals surface area contributed by atoms with Crippen LogP contribution in [0.3, 0.4) is 0 Å². The summed E-state index contributed by atoms with van der Waals surface area (Å²) in [6.07, 6.45) is 0.468. The van der Waals surface area contributed by atoms with Gasteiger partial charge in [0.25, 0.3) is 0 Å². The van der Waals surface area contributed by atoms with Gasteiger partial charge in [0.15, 0.2) is 0 Å². The van der Waals surface area contributed by atoms with Gasteiger partial charge in [0.2, 0.25) is 5.91 Å². The second kappa shape index (κ2) is 8.12. The number of carbonyl (C=O) groups is 2. The summed E-state index contributed by atoms with van der Waals surface area (Å²) in [7, 11) is 4.46. The van der Waals surface area contributed by atoms with Crippen molar-refractivity contribution in [3.05, 3.63) is 0 Å². The largest absolute Gasteiger partial charge is 0.460 e. The van der Waals surface area contributed by atoms with E-state index < -0.39 is 17.5 Å². The van der Waals surface area contributed by atoms with Crippen molar-refractivity contribution in [2.24, 2.45) is 5.92 Å². The van der Waals surface area contributed by atoms with Crippen LogP contribution in [0.1, 0.15) is 33.6 Å². The van der Waals surface area contributed by atoms with Crippen molar-refractivity contribution >= 4 is 11.9 Å². The zero-order chi connectivity index (χ0) is 15.1. The van der Waals surface area contributed by atoms with Crippen LogP contribution in [0.15, 0.2) is 0 Å². The van der Waals surface area contributed by atoms with Gasteiger partial charge in [0.1, 0.15) is 5.60 Å². The average Bonchev–Trinajstić information content (AvgIpc) is 2.30. The molecule has 0 radical (unpaired) electrons. The molecule has 0 aliphatic rings. The molecule has 0 bridgehead atoms. The van der Waals surface area contributed by atoms with Crippen LogP contribution in [0.4, 0.5) is 0 Å². The van der Waals surface area contributed by atoms with Gasteiger partial charge in [-0.3, -0.25) is 14.4 Å². The molecule has 0 rings (SSSR count). The highest BCUT2D eigenvalue weighted by atomic mass is 16.7. The predicted molar refractivity (Wildman–Crippen MR) is 70.2 cm³/mol. The number of carbonyl (C=O) groups excluding carboxylic acids is 2. The first-order valence-corrected chi connectivity index (χ1v) is 6.23. The SMILES string of the molecule is COCCC(CC(=O)OC(C)(C)C)C(=O)N(C)OC. The van der Waals surface area contributed by atoms with E-state index in [1.807, 2.05) is 0 Å². The fraction of sp³-hybridized carbons (Fsp3) is 0.846. The molecule has 1 unspecified atom stereocenters. The average molecular weight is 275 g/mol. The summed E-state index contributed by atoms with van der Waals surface area (Å²) >= 11 is 0. The van der Waals surface area contributed by atoms with Crippen molar-refractivity contribution in [2.45, 2.75) is 39.2 Å². The third-order valence-corrected chi connectivity index (χ3v) is 2.44. The Morgan fingerprint density at radius 3 is 2.21 bits per heavy atom. The molecule has 0 fully saturated rings. The molecule has 1 atom stereocenters. The lowest BCUT2D eigenvalue weighted by Crippen LogP contribution is -2.35. The fourth-order valence-corrected chi connectivity index (χ4v) is 1.50. The Kier molecular flexibility index (Phi) is 7.63. The lowest BCUT2D eigenvalue weighted by atomic mass is 10.0. The van der Waals surface area contributed by atoms with E-state index in [4.69, 9.17) is 14.3 Å². The second-order valence-corrected chi connectivity index (χ2v) is 5.29. The van der Waals surface area contributed by atoms with Crippen LogP contribution in [0.2, 0.25) is 0 Å². The number of ether oxygens (including phenoxy) is 2. The van der Waals surface area contributed by atoms with Crippen molar-refractivity contribution in [1.29, 1.82) is 0 Å². The summed E-state index contributed by atoms with van der Waals surface area (Å²) in [5.74, 6) is -1.16. The molecular weight excluding hydrogens is 250 g/mol. The quantitative estimate of drug-likeness (QED) is 0.519. The van der Waals surface area contributed by atoms with E-state index in [0.29, 0.717) is 13.0 Å². The molecule has 0 aromatic heterocycles. The number of hydrogen-bond acceptors (Lipinski definition) is 5. The minimum atomic E-state index is -0.556. The standard InChI is InChI=1S/C13H25NO5/c1-13(2,3)19-11(15)9-10(7-8-17-5)12(16)14(4)18-6/h10H,7-9H2,1-6H3. The maximum absolute atomic E-state index is 12.0. The molecule has 112 valence electrons. The third kappa shape index (κ3) is 7.79. The molecule has 0 heterocycles. The van der Waals surface area contributed by atoms with Gasteiger partial charge in [0.05, 0.1) is 19.4 Å². The molecule has 6 nitrogen and oxygen atoms in total. The molecule has 0 aromatic rings. The Bertz CT molecular complexity index is 298. The number of rotatable bonds is 7. The van der Waals surface area contributed by atoms with Gasteiger partial charge in [-0.15, -0.1) is 0 Å². The molecule has 0 aliphatic heterocycles. The van der Waals surface area contributed by atoms with Crippen LogP contribution in [-0.4, -0.2) is 50.4 Å². The molecule has 1 amide bonds. The number of hydroxylamine groups is 2. The molecule has 0 saturated carbocycles. The van der Waals surface area contributed by atoms with Crippen LogP contribution in [0.25, 0.3) is 0 Å². The topological polar surface area (TPSA) is 65.1 Å². The molecule has 0 aliphatic carbocycles. The van der Waals surface area contributed by atoms with E-state index >= 15 is 0 Å². The number of esters is 1. The first-order chi connectivity index (χ1) is 8.71. The van der Waals surface area contributed by atoms with Crippen molar-refractivity contribution < 1.29 is 23.9 Å². The predicted octanol–water partition coefficient (Wildman–Crippen LogP) is 1.39. The lowest BCUT2D eigenvalue weighted by Gasteiger charge is -2.24. The fourth-order valence-electron chi connectivity index (χ4n) is 1.50. The maximum atomic E-state index is 12.0. The molecule has 19 heavy (non-hydrogen) atoms. The molecule has 0 spiro atoms. The monoisotopic (exact) mass is 275 g/mol. The number of nitrogens with zero attached hydrogens (tertiary/aromatic N) is 1. The van der Waals surface area contributed by atoms with Crippen molar-refractivity contribution in [1.82, 2.24) is 5.06 Å². The summed E-state index contributed by atoms with van der Waals surface area (Å²) in [5, 5.41) is 1.12. The molecule has 6 heteroatoms. The molecule has 0 saturated heterocycles. The van der Waals surface area contributed by atoms with Crippen LogP contribution >= 0.6 is 0 Å². The summed E-state index contributed by atoms with van der Waals surface area (Å²) in [6, 6.07) is 0. The highest BCUT2D eigenvalue weighted by Gasteiger charge is 2.27. The normalized spacial score (nSPS) is 12.9. The second-order valence-electron chi connectivity index (χ2n) is 5.29. The molecular formula is C13H25NO5. The molecule has 0 N–H and O–H groups in total. The third-order valence-electron chi connectivity index (χ3n) is 2.44. The van der Waals surface area contributed by atoms with E-state index in [9.17, 15) is 9.59 Å². The Labute approximate surface area is 114 Å². The highest BCUT2D eigenvalue weighted by Crippen LogP contribution is 2.16. The first kappa shape index (κ1) is 17.9. The summed E-state index contributed by atoms with van der Waals surface area (Å²) in [4.78, 5) is 28.6. The summed E-state index contributed by atoms with van der Waals surface area (Å²) in [6.45, 7) is 5.77. The van der Waals surface area contributed by atoms with Crippen molar-refractivity contribution in [3.8, 4) is 0 Å². The van der Waals surface area contributed by atoms with E-state index in [1.165, 1.54) is 14.2 Å². The van der Waals surface area contributed by atoms with Crippen LogP contribution in [-0.2, 0) is 23.9 Å². The number of amides is 1. The molecule has 0 aromatic carbocycles. The Morgan fingerprint density at radius 1 is 1.21 bits per heavy atom. The van der Waals surface area contributed by atoms with Gasteiger partial charge < -0.3 is 9.47 Å². The highest BCUT2D eigenvalue weighted by molar-refractivity contribution is 5.83. The lowest BCUT2D eigenvalue weighted by molar-refractivity contribution is -0.177. The smallest absolute Gasteiger partial charge is 0.307 e. The zero-order valence-electron chi connectivity index (χ0n) is 12.7. The van der Waals surface area contributed by atoms with Gasteiger partial charge >= 0.3 is 5.97 Å². The minimum absolute atomic E-state index is 0.0210. The zero-order valence-corrected chi connectivity index (χ0v) is 12.7. The van der Waals surface area contributed by atoms with Gasteiger partial charge in [0, 0.05) is 20.8 Å². The first-order valence-electron chi connectivity index (χ1n) is 6.23. The van der Waals surface area contributed by atoms with E-state index in [1.54, 1.807) is 27.9 Å². The van der Waals surface area contributed by atoms with E-state index in [-0.39, 0.29) is 12.3 Å². The Morgan fingerprint density at radius 2 is 1.79 bits per heavy atom. The minimum Gasteiger partial charge on any atom is -0.460 e. The Hall–Kier alpha value is -1.14. The van der Waals surface area contributed by atoms with Gasteiger partial charge in [-0.2, -0.15) is 0 Å².